The third kappa shape index (κ3) is 1.91. The molecule has 0 bridgehead atoms. The number of nitrogen functional groups attached to an aromatic ring is 1. The molecule has 2 N–H and O–H groups in total. The summed E-state index contributed by atoms with van der Waals surface area (Å²) < 4.78 is 7.15. The highest BCUT2D eigenvalue weighted by molar-refractivity contribution is 5.91. The molecule has 0 saturated carbocycles. The maximum absolute atomic E-state index is 6.03. The minimum Gasteiger partial charge on any atom is -0.383 e. The summed E-state index contributed by atoms with van der Waals surface area (Å²) in [5.41, 5.74) is 9.14. The van der Waals surface area contributed by atoms with Crippen molar-refractivity contribution >= 4 is 16.9 Å². The van der Waals surface area contributed by atoms with Gasteiger partial charge >= 0.3 is 0 Å². The predicted molar refractivity (Wildman–Crippen MR) is 74.2 cm³/mol. The number of hydrogen-bond donors (Lipinski definition) is 1. The molecular weight excluding hydrogens is 256 g/mol. The van der Waals surface area contributed by atoms with E-state index in [4.69, 9.17) is 10.3 Å². The van der Waals surface area contributed by atoms with Crippen LogP contribution in [0.4, 0.5) is 5.82 Å². The zero-order chi connectivity index (χ0) is 14.3. The molecule has 7 heteroatoms. The SMILES string of the molecule is Cc1nc(N)c2c(C)c(C)n(CCc3ncno3)c2n1. The Bertz CT molecular complexity index is 759. The predicted octanol–water partition coefficient (Wildman–Crippen LogP) is 1.56. The maximum atomic E-state index is 6.03. The number of aryl methyl sites for hydroxylation is 4. The highest BCUT2D eigenvalue weighted by Gasteiger charge is 2.16. The van der Waals surface area contributed by atoms with Crippen LogP contribution in [0.2, 0.25) is 0 Å². The van der Waals surface area contributed by atoms with Gasteiger partial charge in [-0.25, -0.2) is 9.97 Å². The fraction of sp³-hybridized carbons (Fsp3) is 0.385. The van der Waals surface area contributed by atoms with Crippen LogP contribution in [-0.4, -0.2) is 24.7 Å². The van der Waals surface area contributed by atoms with Gasteiger partial charge in [0.05, 0.1) is 5.39 Å². The van der Waals surface area contributed by atoms with Crippen LogP contribution in [0, 0.1) is 20.8 Å². The summed E-state index contributed by atoms with van der Waals surface area (Å²) >= 11 is 0. The third-order valence-electron chi connectivity index (χ3n) is 3.56. The molecule has 20 heavy (non-hydrogen) atoms. The Hall–Kier alpha value is -2.44. The van der Waals surface area contributed by atoms with Gasteiger partial charge in [0.15, 0.2) is 6.33 Å². The lowest BCUT2D eigenvalue weighted by Gasteiger charge is -2.06. The van der Waals surface area contributed by atoms with Gasteiger partial charge in [0.2, 0.25) is 5.89 Å². The molecule has 0 atom stereocenters. The average molecular weight is 272 g/mol. The summed E-state index contributed by atoms with van der Waals surface area (Å²) in [7, 11) is 0. The lowest BCUT2D eigenvalue weighted by Crippen LogP contribution is -2.06. The van der Waals surface area contributed by atoms with Gasteiger partial charge in [0.1, 0.15) is 17.3 Å². The summed E-state index contributed by atoms with van der Waals surface area (Å²) in [4.78, 5) is 12.8. The molecule has 0 spiro atoms. The molecule has 0 fully saturated rings. The zero-order valence-electron chi connectivity index (χ0n) is 11.7. The standard InChI is InChI=1S/C13H16N6O/c1-7-8(2)19(5-4-10-15-6-16-20-10)13-11(7)12(14)17-9(3)18-13/h6H,4-5H2,1-3H3,(H2,14,17,18). The van der Waals surface area contributed by atoms with Crippen molar-refractivity contribution in [3.63, 3.8) is 0 Å². The van der Waals surface area contributed by atoms with E-state index in [0.717, 1.165) is 22.3 Å². The number of aromatic nitrogens is 5. The Morgan fingerprint density at radius 1 is 1.25 bits per heavy atom. The van der Waals surface area contributed by atoms with E-state index in [9.17, 15) is 0 Å². The van der Waals surface area contributed by atoms with Crippen LogP contribution >= 0.6 is 0 Å². The summed E-state index contributed by atoms with van der Waals surface area (Å²) in [6.07, 6.45) is 2.07. The summed E-state index contributed by atoms with van der Waals surface area (Å²) in [5.74, 6) is 1.82. The van der Waals surface area contributed by atoms with E-state index < -0.39 is 0 Å². The molecule has 0 saturated heterocycles. The quantitative estimate of drug-likeness (QED) is 0.777. The fourth-order valence-corrected chi connectivity index (χ4v) is 2.46. The van der Waals surface area contributed by atoms with Crippen LogP contribution in [0.5, 0.6) is 0 Å². The van der Waals surface area contributed by atoms with Gasteiger partial charge in [-0.3, -0.25) is 0 Å². The first-order valence-corrected chi connectivity index (χ1v) is 6.43. The van der Waals surface area contributed by atoms with Crippen LogP contribution in [-0.2, 0) is 13.0 Å². The molecule has 0 aliphatic rings. The van der Waals surface area contributed by atoms with Crippen LogP contribution in [0.25, 0.3) is 11.0 Å². The van der Waals surface area contributed by atoms with E-state index >= 15 is 0 Å². The zero-order valence-corrected chi connectivity index (χ0v) is 11.7. The molecule has 0 unspecified atom stereocenters. The molecule has 7 nitrogen and oxygen atoms in total. The smallest absolute Gasteiger partial charge is 0.228 e. The number of fused-ring (bicyclic) bond motifs is 1. The number of rotatable bonds is 3. The molecule has 0 amide bonds. The molecule has 3 aromatic rings. The lowest BCUT2D eigenvalue weighted by atomic mass is 10.2. The van der Waals surface area contributed by atoms with Crippen molar-refractivity contribution in [3.05, 3.63) is 29.3 Å². The first-order chi connectivity index (χ1) is 9.58. The van der Waals surface area contributed by atoms with Crippen molar-refractivity contribution in [2.75, 3.05) is 5.73 Å². The highest BCUT2D eigenvalue weighted by atomic mass is 16.5. The van der Waals surface area contributed by atoms with Crippen molar-refractivity contribution in [1.29, 1.82) is 0 Å². The average Bonchev–Trinajstić information content (AvgIpc) is 2.97. The molecule has 104 valence electrons. The molecule has 0 aliphatic carbocycles. The minimum absolute atomic E-state index is 0.532. The van der Waals surface area contributed by atoms with Gasteiger partial charge in [-0.2, -0.15) is 4.98 Å². The normalized spacial score (nSPS) is 11.3. The Morgan fingerprint density at radius 3 is 2.75 bits per heavy atom. The first-order valence-electron chi connectivity index (χ1n) is 6.43. The second kappa shape index (κ2) is 4.59. The first kappa shape index (κ1) is 12.6. The number of hydrogen-bond acceptors (Lipinski definition) is 6. The second-order valence-electron chi connectivity index (χ2n) is 4.80. The van der Waals surface area contributed by atoms with Crippen LogP contribution < -0.4 is 5.73 Å². The van der Waals surface area contributed by atoms with Crippen molar-refractivity contribution < 1.29 is 4.52 Å². The number of nitrogens with zero attached hydrogens (tertiary/aromatic N) is 5. The molecule has 3 aromatic heterocycles. The number of nitrogens with two attached hydrogens (primary N) is 1. The van der Waals surface area contributed by atoms with E-state index in [2.05, 4.69) is 31.6 Å². The molecular formula is C13H16N6O. The Labute approximate surface area is 115 Å². The van der Waals surface area contributed by atoms with E-state index in [0.29, 0.717) is 30.5 Å². The molecule has 0 radical (unpaired) electrons. The van der Waals surface area contributed by atoms with Crippen LogP contribution in [0.3, 0.4) is 0 Å². The largest absolute Gasteiger partial charge is 0.383 e. The van der Waals surface area contributed by atoms with E-state index in [-0.39, 0.29) is 0 Å². The third-order valence-corrected chi connectivity index (χ3v) is 3.56. The van der Waals surface area contributed by atoms with Crippen molar-refractivity contribution in [1.82, 2.24) is 24.7 Å². The van der Waals surface area contributed by atoms with Crippen molar-refractivity contribution in [2.24, 2.45) is 0 Å². The molecule has 0 aliphatic heterocycles. The van der Waals surface area contributed by atoms with Crippen LogP contribution in [0.15, 0.2) is 10.9 Å². The van der Waals surface area contributed by atoms with Gasteiger partial charge in [-0.1, -0.05) is 5.16 Å². The Balaban J connectivity index is 2.07. The summed E-state index contributed by atoms with van der Waals surface area (Å²) in [5, 5.41) is 4.54. The minimum atomic E-state index is 0.532. The van der Waals surface area contributed by atoms with Gasteiger partial charge in [-0.15, -0.1) is 0 Å². The maximum Gasteiger partial charge on any atom is 0.228 e. The molecule has 0 aromatic carbocycles. The highest BCUT2D eigenvalue weighted by Crippen LogP contribution is 2.27. The van der Waals surface area contributed by atoms with Crippen LogP contribution in [0.1, 0.15) is 23.0 Å². The number of anilines is 1. The second-order valence-corrected chi connectivity index (χ2v) is 4.80. The van der Waals surface area contributed by atoms with Gasteiger partial charge in [-0.05, 0) is 26.3 Å². The Kier molecular flexibility index (Phi) is 2.89. The van der Waals surface area contributed by atoms with Crippen molar-refractivity contribution in [3.8, 4) is 0 Å². The lowest BCUT2D eigenvalue weighted by molar-refractivity contribution is 0.371. The molecule has 3 rings (SSSR count). The van der Waals surface area contributed by atoms with E-state index in [1.807, 2.05) is 13.8 Å². The summed E-state index contributed by atoms with van der Waals surface area (Å²) in [6.45, 7) is 6.65. The Morgan fingerprint density at radius 2 is 2.05 bits per heavy atom. The molecule has 3 heterocycles. The van der Waals surface area contributed by atoms with Gasteiger partial charge in [0.25, 0.3) is 0 Å². The monoisotopic (exact) mass is 272 g/mol. The van der Waals surface area contributed by atoms with Gasteiger partial charge in [0, 0.05) is 18.7 Å². The van der Waals surface area contributed by atoms with Crippen molar-refractivity contribution in [2.45, 2.75) is 33.7 Å². The van der Waals surface area contributed by atoms with E-state index in [1.165, 1.54) is 6.33 Å². The fourth-order valence-electron chi connectivity index (χ4n) is 2.46. The summed E-state index contributed by atoms with van der Waals surface area (Å²) in [6, 6.07) is 0. The van der Waals surface area contributed by atoms with E-state index in [1.54, 1.807) is 0 Å². The topological polar surface area (TPSA) is 95.7 Å². The van der Waals surface area contributed by atoms with Gasteiger partial charge < -0.3 is 14.8 Å².